The highest BCUT2D eigenvalue weighted by molar-refractivity contribution is 6.30. The fourth-order valence-electron chi connectivity index (χ4n) is 1.26. The predicted octanol–water partition coefficient (Wildman–Crippen LogP) is 3.27. The van der Waals surface area contributed by atoms with Crippen LogP contribution in [0.1, 0.15) is 38.1 Å². The standard InChI is InChI=1S/C13H18ClNO/c1-4-13(2,3)15-12(16)11(14)10-8-6-5-7-9-10/h5-9,11H,4H2,1-3H3,(H,15,16). The summed E-state index contributed by atoms with van der Waals surface area (Å²) in [6.45, 7) is 6.00. The first-order valence-electron chi connectivity index (χ1n) is 5.47. The molecule has 0 saturated carbocycles. The highest BCUT2D eigenvalue weighted by atomic mass is 35.5. The molecule has 1 unspecified atom stereocenters. The molecule has 1 N–H and O–H groups in total. The summed E-state index contributed by atoms with van der Waals surface area (Å²) in [5.41, 5.74) is 0.618. The third-order valence-electron chi connectivity index (χ3n) is 2.67. The molecule has 0 aromatic heterocycles. The van der Waals surface area contributed by atoms with Gasteiger partial charge in [0.15, 0.2) is 0 Å². The number of halogens is 1. The average Bonchev–Trinajstić information content (AvgIpc) is 2.28. The third kappa shape index (κ3) is 3.53. The van der Waals surface area contributed by atoms with E-state index in [0.717, 1.165) is 12.0 Å². The lowest BCUT2D eigenvalue weighted by Gasteiger charge is -2.25. The molecule has 0 aliphatic heterocycles. The number of hydrogen-bond donors (Lipinski definition) is 1. The average molecular weight is 240 g/mol. The molecule has 0 fully saturated rings. The molecule has 3 heteroatoms. The van der Waals surface area contributed by atoms with Crippen LogP contribution in [-0.4, -0.2) is 11.4 Å². The van der Waals surface area contributed by atoms with Gasteiger partial charge in [-0.05, 0) is 25.8 Å². The number of carbonyl (C=O) groups is 1. The Kier molecular flexibility index (Phi) is 4.36. The molecule has 0 radical (unpaired) electrons. The maximum Gasteiger partial charge on any atom is 0.243 e. The zero-order valence-corrected chi connectivity index (χ0v) is 10.7. The van der Waals surface area contributed by atoms with Crippen molar-refractivity contribution in [2.45, 2.75) is 38.1 Å². The molecule has 0 heterocycles. The first-order chi connectivity index (χ1) is 7.46. The van der Waals surface area contributed by atoms with Gasteiger partial charge in [-0.1, -0.05) is 37.3 Å². The van der Waals surface area contributed by atoms with Crippen molar-refractivity contribution in [1.82, 2.24) is 5.32 Å². The summed E-state index contributed by atoms with van der Waals surface area (Å²) in [5, 5.41) is 2.31. The van der Waals surface area contributed by atoms with E-state index in [1.54, 1.807) is 0 Å². The van der Waals surface area contributed by atoms with Crippen LogP contribution in [0.5, 0.6) is 0 Å². The summed E-state index contributed by atoms with van der Waals surface area (Å²) in [5.74, 6) is -0.139. The Labute approximate surface area is 102 Å². The van der Waals surface area contributed by atoms with Gasteiger partial charge in [-0.2, -0.15) is 0 Å². The van der Waals surface area contributed by atoms with Gasteiger partial charge in [-0.3, -0.25) is 4.79 Å². The second kappa shape index (κ2) is 5.35. The quantitative estimate of drug-likeness (QED) is 0.803. The highest BCUT2D eigenvalue weighted by Gasteiger charge is 2.23. The molecule has 0 spiro atoms. The van der Waals surface area contributed by atoms with Gasteiger partial charge < -0.3 is 5.32 Å². The first-order valence-corrected chi connectivity index (χ1v) is 5.91. The summed E-state index contributed by atoms with van der Waals surface area (Å²) < 4.78 is 0. The van der Waals surface area contributed by atoms with Crippen LogP contribution < -0.4 is 5.32 Å². The van der Waals surface area contributed by atoms with Crippen LogP contribution in [0.2, 0.25) is 0 Å². The molecule has 88 valence electrons. The van der Waals surface area contributed by atoms with Gasteiger partial charge in [0.25, 0.3) is 0 Å². The normalized spacial score (nSPS) is 13.2. The second-order valence-electron chi connectivity index (χ2n) is 4.50. The minimum Gasteiger partial charge on any atom is -0.350 e. The fourth-order valence-corrected chi connectivity index (χ4v) is 1.46. The van der Waals surface area contributed by atoms with E-state index in [4.69, 9.17) is 11.6 Å². The van der Waals surface area contributed by atoms with Crippen molar-refractivity contribution in [3.05, 3.63) is 35.9 Å². The van der Waals surface area contributed by atoms with Crippen LogP contribution in [0.4, 0.5) is 0 Å². The zero-order chi connectivity index (χ0) is 12.2. The van der Waals surface area contributed by atoms with Gasteiger partial charge in [0.05, 0.1) is 0 Å². The van der Waals surface area contributed by atoms with Gasteiger partial charge >= 0.3 is 0 Å². The van der Waals surface area contributed by atoms with Crippen LogP contribution in [0.3, 0.4) is 0 Å². The van der Waals surface area contributed by atoms with E-state index < -0.39 is 5.38 Å². The van der Waals surface area contributed by atoms with E-state index in [-0.39, 0.29) is 11.4 Å². The molecule has 0 bridgehead atoms. The lowest BCUT2D eigenvalue weighted by Crippen LogP contribution is -2.44. The zero-order valence-electron chi connectivity index (χ0n) is 9.96. The van der Waals surface area contributed by atoms with E-state index >= 15 is 0 Å². The number of benzene rings is 1. The number of amides is 1. The van der Waals surface area contributed by atoms with Crippen LogP contribution in [-0.2, 0) is 4.79 Å². The van der Waals surface area contributed by atoms with Crippen molar-refractivity contribution < 1.29 is 4.79 Å². The SMILES string of the molecule is CCC(C)(C)NC(=O)C(Cl)c1ccccc1. The summed E-state index contributed by atoms with van der Waals surface area (Å²) >= 11 is 6.11. The second-order valence-corrected chi connectivity index (χ2v) is 4.94. The Bertz CT molecular complexity index is 348. The number of rotatable bonds is 4. The molecule has 1 amide bonds. The van der Waals surface area contributed by atoms with E-state index in [9.17, 15) is 4.79 Å². The molecule has 1 aromatic carbocycles. The Morgan fingerprint density at radius 3 is 2.44 bits per heavy atom. The van der Waals surface area contributed by atoms with Gasteiger partial charge in [-0.15, -0.1) is 11.6 Å². The first kappa shape index (κ1) is 13.0. The number of nitrogens with one attached hydrogen (secondary N) is 1. The maximum atomic E-state index is 11.9. The van der Waals surface area contributed by atoms with Gasteiger partial charge in [0, 0.05) is 5.54 Å². The van der Waals surface area contributed by atoms with Crippen molar-refractivity contribution in [1.29, 1.82) is 0 Å². The minimum atomic E-state index is -0.618. The van der Waals surface area contributed by atoms with Crippen molar-refractivity contribution in [3.8, 4) is 0 Å². The van der Waals surface area contributed by atoms with E-state index in [0.29, 0.717) is 0 Å². The Balaban J connectivity index is 2.69. The van der Waals surface area contributed by atoms with E-state index in [1.165, 1.54) is 0 Å². The molecular weight excluding hydrogens is 222 g/mol. The summed E-state index contributed by atoms with van der Waals surface area (Å²) in [6, 6.07) is 9.37. The molecule has 2 nitrogen and oxygen atoms in total. The largest absolute Gasteiger partial charge is 0.350 e. The van der Waals surface area contributed by atoms with E-state index in [1.807, 2.05) is 51.1 Å². The van der Waals surface area contributed by atoms with Crippen LogP contribution >= 0.6 is 11.6 Å². The van der Waals surface area contributed by atoms with E-state index in [2.05, 4.69) is 5.32 Å². The smallest absolute Gasteiger partial charge is 0.243 e. The Morgan fingerprint density at radius 1 is 1.38 bits per heavy atom. The van der Waals surface area contributed by atoms with Crippen molar-refractivity contribution in [3.63, 3.8) is 0 Å². The predicted molar refractivity (Wildman–Crippen MR) is 67.5 cm³/mol. The minimum absolute atomic E-state index is 0.139. The maximum absolute atomic E-state index is 11.9. The fraction of sp³-hybridized carbons (Fsp3) is 0.462. The lowest BCUT2D eigenvalue weighted by atomic mass is 10.0. The molecule has 0 aliphatic carbocycles. The molecule has 1 atom stereocenters. The van der Waals surface area contributed by atoms with Gasteiger partial charge in [-0.25, -0.2) is 0 Å². The molecule has 0 aliphatic rings. The molecule has 1 aromatic rings. The van der Waals surface area contributed by atoms with Gasteiger partial charge in [0.1, 0.15) is 5.38 Å². The van der Waals surface area contributed by atoms with Crippen LogP contribution in [0.15, 0.2) is 30.3 Å². The van der Waals surface area contributed by atoms with Gasteiger partial charge in [0.2, 0.25) is 5.91 Å². The summed E-state index contributed by atoms with van der Waals surface area (Å²) in [4.78, 5) is 11.9. The third-order valence-corrected chi connectivity index (χ3v) is 3.12. The molecular formula is C13H18ClNO. The Morgan fingerprint density at radius 2 is 1.94 bits per heavy atom. The molecule has 1 rings (SSSR count). The summed E-state index contributed by atoms with van der Waals surface area (Å²) in [6.07, 6.45) is 0.872. The summed E-state index contributed by atoms with van der Waals surface area (Å²) in [7, 11) is 0. The Hall–Kier alpha value is -1.02. The van der Waals surface area contributed by atoms with Crippen molar-refractivity contribution in [2.75, 3.05) is 0 Å². The highest BCUT2D eigenvalue weighted by Crippen LogP contribution is 2.21. The number of carbonyl (C=O) groups excluding carboxylic acids is 1. The number of hydrogen-bond acceptors (Lipinski definition) is 1. The van der Waals surface area contributed by atoms with Crippen LogP contribution in [0, 0.1) is 0 Å². The topological polar surface area (TPSA) is 29.1 Å². The molecule has 16 heavy (non-hydrogen) atoms. The lowest BCUT2D eigenvalue weighted by molar-refractivity contribution is -0.122. The van der Waals surface area contributed by atoms with Crippen molar-refractivity contribution in [2.24, 2.45) is 0 Å². The molecule has 0 saturated heterocycles. The van der Waals surface area contributed by atoms with Crippen molar-refractivity contribution >= 4 is 17.5 Å². The monoisotopic (exact) mass is 239 g/mol. The van der Waals surface area contributed by atoms with Crippen LogP contribution in [0.25, 0.3) is 0 Å². The number of alkyl halides is 1.